The van der Waals surface area contributed by atoms with Crippen LogP contribution in [0.25, 0.3) is 0 Å². The van der Waals surface area contributed by atoms with Crippen molar-refractivity contribution in [2.24, 2.45) is 5.92 Å². The van der Waals surface area contributed by atoms with Crippen LogP contribution in [-0.2, 0) is 14.8 Å². The van der Waals surface area contributed by atoms with Crippen molar-refractivity contribution in [3.63, 3.8) is 0 Å². The molecule has 1 saturated heterocycles. The Morgan fingerprint density at radius 3 is 2.32 bits per heavy atom. The molecule has 1 aliphatic heterocycles. The second-order valence-corrected chi connectivity index (χ2v) is 9.78. The van der Waals surface area contributed by atoms with Gasteiger partial charge < -0.3 is 9.80 Å². The fourth-order valence-electron chi connectivity index (χ4n) is 3.59. The number of nitrogens with zero attached hydrogens (tertiary/aromatic N) is 3. The molecule has 2 rings (SSSR count). The lowest BCUT2D eigenvalue weighted by atomic mass is 10.0. The van der Waals surface area contributed by atoms with Crippen LogP contribution in [0, 0.1) is 5.92 Å². The second kappa shape index (κ2) is 9.71. The molecule has 1 heterocycles. The molecular weight excluding hydrogens is 376 g/mol. The van der Waals surface area contributed by atoms with Crippen LogP contribution in [0.2, 0.25) is 0 Å². The van der Waals surface area contributed by atoms with Crippen molar-refractivity contribution in [3.8, 4) is 0 Å². The quantitative estimate of drug-likeness (QED) is 0.705. The molecule has 7 nitrogen and oxygen atoms in total. The predicted molar refractivity (Wildman–Crippen MR) is 113 cm³/mol. The molecule has 0 spiro atoms. The van der Waals surface area contributed by atoms with E-state index in [0.717, 1.165) is 19.5 Å². The average molecular weight is 411 g/mol. The van der Waals surface area contributed by atoms with E-state index in [0.29, 0.717) is 36.1 Å². The minimum atomic E-state index is -3.51. The minimum absolute atomic E-state index is 0.139. The third kappa shape index (κ3) is 5.68. The maximum absolute atomic E-state index is 12.6. The Kier molecular flexibility index (Phi) is 7.86. The average Bonchev–Trinajstić information content (AvgIpc) is 2.67. The fourth-order valence-corrected chi connectivity index (χ4v) is 4.54. The third-order valence-corrected chi connectivity index (χ3v) is 6.82. The van der Waals surface area contributed by atoms with E-state index in [1.807, 2.05) is 24.1 Å². The monoisotopic (exact) mass is 410 g/mol. The van der Waals surface area contributed by atoms with Gasteiger partial charge in [0.1, 0.15) is 4.90 Å². The first-order valence-electron chi connectivity index (χ1n) is 9.91. The van der Waals surface area contributed by atoms with Gasteiger partial charge in [0.25, 0.3) is 0 Å². The van der Waals surface area contributed by atoms with Crippen LogP contribution < -0.4 is 9.62 Å². The summed E-state index contributed by atoms with van der Waals surface area (Å²) in [4.78, 5) is 19.0. The van der Waals surface area contributed by atoms with Crippen LogP contribution in [0.15, 0.2) is 29.2 Å². The van der Waals surface area contributed by atoms with E-state index in [9.17, 15) is 13.2 Å². The Hall–Kier alpha value is -1.64. The highest BCUT2D eigenvalue weighted by Gasteiger charge is 2.26. The van der Waals surface area contributed by atoms with E-state index in [1.54, 1.807) is 12.1 Å². The number of amides is 1. The van der Waals surface area contributed by atoms with Gasteiger partial charge in [-0.1, -0.05) is 26.0 Å². The van der Waals surface area contributed by atoms with Crippen molar-refractivity contribution >= 4 is 21.6 Å². The van der Waals surface area contributed by atoms with Crippen molar-refractivity contribution in [3.05, 3.63) is 24.3 Å². The second-order valence-electron chi connectivity index (χ2n) is 7.92. The molecule has 28 heavy (non-hydrogen) atoms. The summed E-state index contributed by atoms with van der Waals surface area (Å²) in [5, 5.41) is 0. The number of rotatable bonds is 8. The highest BCUT2D eigenvalue weighted by molar-refractivity contribution is 7.89. The van der Waals surface area contributed by atoms with Crippen LogP contribution >= 0.6 is 0 Å². The Balaban J connectivity index is 1.96. The zero-order valence-electron chi connectivity index (χ0n) is 17.7. The highest BCUT2D eigenvalue weighted by atomic mass is 32.2. The van der Waals surface area contributed by atoms with Gasteiger partial charge in [-0.25, -0.2) is 13.1 Å². The molecule has 1 aliphatic rings. The molecule has 1 aromatic rings. The van der Waals surface area contributed by atoms with Crippen molar-refractivity contribution < 1.29 is 13.2 Å². The summed E-state index contributed by atoms with van der Waals surface area (Å²) in [6.45, 7) is 9.67. The molecule has 8 heteroatoms. The fraction of sp³-hybridized carbons (Fsp3) is 0.650. The van der Waals surface area contributed by atoms with Gasteiger partial charge in [0, 0.05) is 39.3 Å². The van der Waals surface area contributed by atoms with Gasteiger partial charge >= 0.3 is 0 Å². The first-order chi connectivity index (χ1) is 13.2. The molecule has 0 radical (unpaired) electrons. The third-order valence-electron chi connectivity index (χ3n) is 5.36. The molecule has 158 valence electrons. The van der Waals surface area contributed by atoms with Crippen LogP contribution in [0.5, 0.6) is 0 Å². The number of carbonyl (C=O) groups is 1. The van der Waals surface area contributed by atoms with E-state index in [-0.39, 0.29) is 11.9 Å². The highest BCUT2D eigenvalue weighted by Crippen LogP contribution is 2.25. The van der Waals surface area contributed by atoms with Gasteiger partial charge in [0.15, 0.2) is 0 Å². The maximum Gasteiger partial charge on any atom is 0.242 e. The van der Waals surface area contributed by atoms with E-state index >= 15 is 0 Å². The molecule has 1 amide bonds. The van der Waals surface area contributed by atoms with E-state index < -0.39 is 10.0 Å². The van der Waals surface area contributed by atoms with E-state index in [4.69, 9.17) is 0 Å². The summed E-state index contributed by atoms with van der Waals surface area (Å²) in [5.41, 5.74) is 0.713. The molecule has 1 atom stereocenters. The Morgan fingerprint density at radius 2 is 1.75 bits per heavy atom. The van der Waals surface area contributed by atoms with Gasteiger partial charge in [-0.2, -0.15) is 0 Å². The molecule has 0 aromatic heterocycles. The molecule has 1 unspecified atom stereocenters. The summed E-state index contributed by atoms with van der Waals surface area (Å²) in [6, 6.07) is 7.28. The van der Waals surface area contributed by atoms with Gasteiger partial charge in [-0.15, -0.1) is 0 Å². The summed E-state index contributed by atoms with van der Waals surface area (Å²) >= 11 is 0. The molecule has 1 aromatic carbocycles. The summed E-state index contributed by atoms with van der Waals surface area (Å²) in [7, 11) is -0.205. The molecule has 0 bridgehead atoms. The van der Waals surface area contributed by atoms with Gasteiger partial charge in [-0.3, -0.25) is 9.69 Å². The predicted octanol–water partition coefficient (Wildman–Crippen LogP) is 1.61. The van der Waals surface area contributed by atoms with Crippen LogP contribution in [0.4, 0.5) is 5.69 Å². The lowest BCUT2D eigenvalue weighted by molar-refractivity contribution is -0.133. The standard InChI is InChI=1S/C20H34N4O3S/c1-16(2)14-17(3)22(5)20(25)15-23-10-12-24(13-11-23)18-8-6-7-9-19(18)28(26,27)21-4/h6-9,16-17,21H,10-15H2,1-5H3. The Labute approximate surface area is 169 Å². The minimum Gasteiger partial charge on any atom is -0.368 e. The number of anilines is 1. The topological polar surface area (TPSA) is 73.0 Å². The number of hydrogen-bond donors (Lipinski definition) is 1. The summed E-state index contributed by atoms with van der Waals surface area (Å²) < 4.78 is 27.0. The zero-order chi connectivity index (χ0) is 20.9. The van der Waals surface area contributed by atoms with Gasteiger partial charge in [-0.05, 0) is 38.4 Å². The number of para-hydroxylation sites is 1. The van der Waals surface area contributed by atoms with E-state index in [1.165, 1.54) is 7.05 Å². The van der Waals surface area contributed by atoms with Gasteiger partial charge in [0.05, 0.1) is 12.2 Å². The smallest absolute Gasteiger partial charge is 0.242 e. The van der Waals surface area contributed by atoms with Crippen molar-refractivity contribution in [2.75, 3.05) is 51.7 Å². The Morgan fingerprint density at radius 1 is 1.14 bits per heavy atom. The van der Waals surface area contributed by atoms with Crippen molar-refractivity contribution in [1.82, 2.24) is 14.5 Å². The Bertz CT molecular complexity index is 758. The van der Waals surface area contributed by atoms with Crippen LogP contribution in [0.3, 0.4) is 0 Å². The zero-order valence-corrected chi connectivity index (χ0v) is 18.5. The first-order valence-corrected chi connectivity index (χ1v) is 11.4. The number of carbonyl (C=O) groups excluding carboxylic acids is 1. The molecule has 1 fully saturated rings. The lowest BCUT2D eigenvalue weighted by Gasteiger charge is -2.37. The van der Waals surface area contributed by atoms with E-state index in [2.05, 4.69) is 35.3 Å². The van der Waals surface area contributed by atoms with Crippen molar-refractivity contribution in [1.29, 1.82) is 0 Å². The molecular formula is C20H34N4O3S. The lowest BCUT2D eigenvalue weighted by Crippen LogP contribution is -2.51. The number of sulfonamides is 1. The van der Waals surface area contributed by atoms with Crippen molar-refractivity contribution in [2.45, 2.75) is 38.1 Å². The molecule has 0 saturated carbocycles. The number of benzene rings is 1. The normalized spacial score (nSPS) is 17.0. The summed E-state index contributed by atoms with van der Waals surface area (Å²) in [5.74, 6) is 0.697. The largest absolute Gasteiger partial charge is 0.368 e. The number of piperazine rings is 1. The molecule has 1 N–H and O–H groups in total. The molecule has 0 aliphatic carbocycles. The first kappa shape index (κ1) is 22.6. The van der Waals surface area contributed by atoms with Crippen LogP contribution in [0.1, 0.15) is 27.2 Å². The number of nitrogens with one attached hydrogen (secondary N) is 1. The van der Waals surface area contributed by atoms with Gasteiger partial charge in [0.2, 0.25) is 15.9 Å². The summed E-state index contributed by atoms with van der Waals surface area (Å²) in [6.07, 6.45) is 0.993. The SMILES string of the molecule is CNS(=O)(=O)c1ccccc1N1CCN(CC(=O)N(C)C(C)CC(C)C)CC1. The van der Waals surface area contributed by atoms with Crippen LogP contribution in [-0.4, -0.2) is 77.0 Å². The number of likely N-dealkylation sites (N-methyl/N-ethyl adjacent to an activating group) is 1. The maximum atomic E-state index is 12.6. The number of hydrogen-bond acceptors (Lipinski definition) is 5.